The Morgan fingerprint density at radius 1 is 1.27 bits per heavy atom. The topological polar surface area (TPSA) is 12.0 Å². The lowest BCUT2D eigenvalue weighted by Crippen LogP contribution is -1.87. The van der Waals surface area contributed by atoms with Crippen LogP contribution in [0.1, 0.15) is 5.56 Å². The molecule has 0 spiro atoms. The molecule has 0 bridgehead atoms. The van der Waals surface area contributed by atoms with Crippen LogP contribution < -0.4 is 5.32 Å². The molecule has 53 valence electrons. The number of nitrogens with one attached hydrogen (secondary N) is 1. The standard InChI is InChI=1S/C10H8N/c1-2-7-10-9(5-1)6-3-4-8-11-10/h1,3-8,11H. The zero-order chi connectivity index (χ0) is 7.52. The fourth-order valence-corrected chi connectivity index (χ4v) is 1.07. The summed E-state index contributed by atoms with van der Waals surface area (Å²) in [5, 5.41) is 3.15. The fraction of sp³-hybridized carbons (Fsp3) is 0. The monoisotopic (exact) mass is 142 g/mol. The second-order valence-corrected chi connectivity index (χ2v) is 2.38. The van der Waals surface area contributed by atoms with Gasteiger partial charge < -0.3 is 5.32 Å². The average molecular weight is 142 g/mol. The van der Waals surface area contributed by atoms with Crippen LogP contribution in [0.3, 0.4) is 0 Å². The van der Waals surface area contributed by atoms with E-state index in [1.54, 1.807) is 0 Å². The van der Waals surface area contributed by atoms with Crippen LogP contribution in [0, 0.1) is 6.07 Å². The molecule has 0 unspecified atom stereocenters. The molecule has 2 rings (SSSR count). The van der Waals surface area contributed by atoms with Crippen molar-refractivity contribution in [2.75, 3.05) is 5.32 Å². The van der Waals surface area contributed by atoms with Crippen molar-refractivity contribution in [2.45, 2.75) is 0 Å². The maximum absolute atomic E-state index is 3.15. The van der Waals surface area contributed by atoms with Crippen molar-refractivity contribution >= 4 is 11.8 Å². The molecule has 1 aromatic carbocycles. The molecule has 0 atom stereocenters. The van der Waals surface area contributed by atoms with Gasteiger partial charge in [0.15, 0.2) is 0 Å². The van der Waals surface area contributed by atoms with Crippen LogP contribution in [-0.4, -0.2) is 0 Å². The first-order valence-electron chi connectivity index (χ1n) is 3.57. The van der Waals surface area contributed by atoms with Gasteiger partial charge in [-0.1, -0.05) is 24.3 Å². The Balaban J connectivity index is 2.52. The second-order valence-electron chi connectivity index (χ2n) is 2.38. The number of hydrogen-bond acceptors (Lipinski definition) is 1. The van der Waals surface area contributed by atoms with Gasteiger partial charge in [0.1, 0.15) is 0 Å². The molecule has 0 saturated carbocycles. The molecule has 0 fully saturated rings. The van der Waals surface area contributed by atoms with E-state index in [9.17, 15) is 0 Å². The molecule has 11 heavy (non-hydrogen) atoms. The van der Waals surface area contributed by atoms with E-state index < -0.39 is 0 Å². The van der Waals surface area contributed by atoms with E-state index in [0.29, 0.717) is 0 Å². The molecule has 1 aliphatic heterocycles. The van der Waals surface area contributed by atoms with Gasteiger partial charge in [0, 0.05) is 11.9 Å². The number of allylic oxidation sites excluding steroid dienone is 2. The molecule has 1 N–H and O–H groups in total. The molecule has 0 saturated heterocycles. The Morgan fingerprint density at radius 2 is 2.27 bits per heavy atom. The highest BCUT2D eigenvalue weighted by Crippen LogP contribution is 2.17. The van der Waals surface area contributed by atoms with E-state index in [1.807, 2.05) is 36.6 Å². The molecular weight excluding hydrogens is 134 g/mol. The van der Waals surface area contributed by atoms with Gasteiger partial charge in [-0.2, -0.15) is 0 Å². The normalized spacial score (nSPS) is 13.5. The lowest BCUT2D eigenvalue weighted by molar-refractivity contribution is 1.56. The first-order valence-corrected chi connectivity index (χ1v) is 3.57. The quantitative estimate of drug-likeness (QED) is 0.586. The van der Waals surface area contributed by atoms with E-state index in [-0.39, 0.29) is 0 Å². The maximum Gasteiger partial charge on any atom is 0.0459 e. The van der Waals surface area contributed by atoms with E-state index in [1.165, 1.54) is 5.56 Å². The van der Waals surface area contributed by atoms with Gasteiger partial charge in [0.2, 0.25) is 0 Å². The smallest absolute Gasteiger partial charge is 0.0459 e. The van der Waals surface area contributed by atoms with Crippen LogP contribution in [0.5, 0.6) is 0 Å². The number of fused-ring (bicyclic) bond motifs is 1. The number of hydrogen-bond donors (Lipinski definition) is 1. The zero-order valence-electron chi connectivity index (χ0n) is 6.04. The highest BCUT2D eigenvalue weighted by Gasteiger charge is 1.95. The Labute approximate surface area is 66.1 Å². The molecule has 1 nitrogen and oxygen atoms in total. The van der Waals surface area contributed by atoms with E-state index in [0.717, 1.165) is 5.69 Å². The summed E-state index contributed by atoms with van der Waals surface area (Å²) in [7, 11) is 0. The van der Waals surface area contributed by atoms with E-state index in [2.05, 4.69) is 17.5 Å². The summed E-state index contributed by atoms with van der Waals surface area (Å²) in [5.41, 5.74) is 2.31. The van der Waals surface area contributed by atoms with Crippen molar-refractivity contribution in [3.63, 3.8) is 0 Å². The van der Waals surface area contributed by atoms with Crippen molar-refractivity contribution < 1.29 is 0 Å². The van der Waals surface area contributed by atoms with Gasteiger partial charge in [0.05, 0.1) is 0 Å². The third-order valence-corrected chi connectivity index (χ3v) is 1.62. The minimum Gasteiger partial charge on any atom is -0.361 e. The molecule has 1 aliphatic rings. The first-order chi connectivity index (χ1) is 5.47. The van der Waals surface area contributed by atoms with Crippen LogP contribution in [0.15, 0.2) is 36.6 Å². The summed E-state index contributed by atoms with van der Waals surface area (Å²) in [6, 6.07) is 8.90. The predicted octanol–water partition coefficient (Wildman–Crippen LogP) is 2.44. The molecule has 0 amide bonds. The summed E-state index contributed by atoms with van der Waals surface area (Å²) < 4.78 is 0. The number of rotatable bonds is 0. The minimum absolute atomic E-state index is 1.11. The van der Waals surface area contributed by atoms with Gasteiger partial charge in [-0.25, -0.2) is 0 Å². The van der Waals surface area contributed by atoms with Crippen LogP contribution in [0.25, 0.3) is 6.08 Å². The van der Waals surface area contributed by atoms with Crippen LogP contribution in [0.2, 0.25) is 0 Å². The molecule has 0 aliphatic carbocycles. The average Bonchev–Trinajstić information content (AvgIpc) is 2.28. The maximum atomic E-state index is 3.15. The van der Waals surface area contributed by atoms with Gasteiger partial charge >= 0.3 is 0 Å². The molecule has 1 radical (unpaired) electrons. The van der Waals surface area contributed by atoms with Crippen molar-refractivity contribution in [3.8, 4) is 0 Å². The Morgan fingerprint density at radius 3 is 3.27 bits per heavy atom. The van der Waals surface area contributed by atoms with E-state index >= 15 is 0 Å². The Bertz CT molecular complexity index is 310. The lowest BCUT2D eigenvalue weighted by atomic mass is 10.2. The van der Waals surface area contributed by atoms with Gasteiger partial charge in [0.25, 0.3) is 0 Å². The van der Waals surface area contributed by atoms with Crippen LogP contribution in [-0.2, 0) is 0 Å². The van der Waals surface area contributed by atoms with Crippen molar-refractivity contribution in [2.24, 2.45) is 0 Å². The van der Waals surface area contributed by atoms with Crippen LogP contribution >= 0.6 is 0 Å². The summed E-state index contributed by atoms with van der Waals surface area (Å²) >= 11 is 0. The van der Waals surface area contributed by atoms with Gasteiger partial charge in [-0.05, 0) is 23.8 Å². The molecular formula is C10H8N. The fourth-order valence-electron chi connectivity index (χ4n) is 1.07. The van der Waals surface area contributed by atoms with Crippen molar-refractivity contribution in [1.82, 2.24) is 0 Å². The second kappa shape index (κ2) is 2.62. The number of benzene rings is 1. The van der Waals surface area contributed by atoms with Crippen molar-refractivity contribution in [1.29, 1.82) is 0 Å². The highest BCUT2D eigenvalue weighted by atomic mass is 14.8. The van der Waals surface area contributed by atoms with Gasteiger partial charge in [-0.3, -0.25) is 0 Å². The Hall–Kier alpha value is -1.50. The largest absolute Gasteiger partial charge is 0.361 e. The molecule has 1 heteroatoms. The minimum atomic E-state index is 1.11. The number of anilines is 1. The molecule has 1 aromatic rings. The highest BCUT2D eigenvalue weighted by molar-refractivity contribution is 5.69. The third kappa shape index (κ3) is 1.17. The lowest BCUT2D eigenvalue weighted by Gasteiger charge is -2.01. The summed E-state index contributed by atoms with van der Waals surface area (Å²) in [4.78, 5) is 0. The van der Waals surface area contributed by atoms with Crippen LogP contribution in [0.4, 0.5) is 5.69 Å². The SMILES string of the molecule is [c]1ccc2c(c1)NC=CC=C2. The first kappa shape index (κ1) is 6.23. The van der Waals surface area contributed by atoms with Crippen molar-refractivity contribution in [3.05, 3.63) is 48.2 Å². The summed E-state index contributed by atoms with van der Waals surface area (Å²) in [6.07, 6.45) is 7.97. The third-order valence-electron chi connectivity index (χ3n) is 1.62. The summed E-state index contributed by atoms with van der Waals surface area (Å²) in [6.45, 7) is 0. The molecule has 0 aromatic heterocycles. The zero-order valence-corrected chi connectivity index (χ0v) is 6.04. The predicted molar refractivity (Wildman–Crippen MR) is 47.1 cm³/mol. The van der Waals surface area contributed by atoms with E-state index in [4.69, 9.17) is 0 Å². The Kier molecular flexibility index (Phi) is 1.48. The molecule has 1 heterocycles. The summed E-state index contributed by atoms with van der Waals surface area (Å²) in [5.74, 6) is 0. The van der Waals surface area contributed by atoms with Gasteiger partial charge in [-0.15, -0.1) is 0 Å².